The van der Waals surface area contributed by atoms with Crippen molar-refractivity contribution in [3.05, 3.63) is 59.7 Å². The lowest BCUT2D eigenvalue weighted by Crippen LogP contribution is -2.49. The summed E-state index contributed by atoms with van der Waals surface area (Å²) in [5.41, 5.74) is 1.65. The number of rotatable bonds is 5. The van der Waals surface area contributed by atoms with Gasteiger partial charge in [-0.1, -0.05) is 6.92 Å². The summed E-state index contributed by atoms with van der Waals surface area (Å²) < 4.78 is 13.1. The van der Waals surface area contributed by atoms with Gasteiger partial charge in [0.2, 0.25) is 0 Å². The minimum atomic E-state index is -0.263. The average molecular weight is 370 g/mol. The van der Waals surface area contributed by atoms with Crippen LogP contribution in [-0.4, -0.2) is 54.4 Å². The number of anilines is 1. The SMILES string of the molecule is CCCNC(=O)c1ccnc(C(=O)N2CCN(c3ccc(F)cc3)CC2)c1. The molecule has 2 amide bonds. The summed E-state index contributed by atoms with van der Waals surface area (Å²) in [6, 6.07) is 9.51. The first-order chi connectivity index (χ1) is 13.1. The zero-order valence-corrected chi connectivity index (χ0v) is 15.3. The van der Waals surface area contributed by atoms with E-state index in [4.69, 9.17) is 0 Å². The highest BCUT2D eigenvalue weighted by Gasteiger charge is 2.23. The summed E-state index contributed by atoms with van der Waals surface area (Å²) in [5.74, 6) is -0.644. The van der Waals surface area contributed by atoms with Crippen LogP contribution in [0.1, 0.15) is 34.2 Å². The van der Waals surface area contributed by atoms with E-state index in [9.17, 15) is 14.0 Å². The lowest BCUT2D eigenvalue weighted by molar-refractivity contribution is 0.0741. The van der Waals surface area contributed by atoms with Gasteiger partial charge in [0.25, 0.3) is 11.8 Å². The van der Waals surface area contributed by atoms with Crippen LogP contribution in [0.4, 0.5) is 10.1 Å². The number of amides is 2. The van der Waals surface area contributed by atoms with Gasteiger partial charge in [-0.2, -0.15) is 0 Å². The van der Waals surface area contributed by atoms with E-state index in [2.05, 4.69) is 15.2 Å². The Labute approximate surface area is 158 Å². The smallest absolute Gasteiger partial charge is 0.272 e. The van der Waals surface area contributed by atoms with Crippen LogP contribution >= 0.6 is 0 Å². The van der Waals surface area contributed by atoms with Crippen molar-refractivity contribution in [2.45, 2.75) is 13.3 Å². The topological polar surface area (TPSA) is 65.5 Å². The lowest BCUT2D eigenvalue weighted by atomic mass is 10.2. The molecule has 6 nitrogen and oxygen atoms in total. The second kappa shape index (κ2) is 8.62. The van der Waals surface area contributed by atoms with Crippen LogP contribution in [-0.2, 0) is 0 Å². The first kappa shape index (κ1) is 18.8. The molecule has 3 rings (SSSR count). The molecule has 0 aliphatic carbocycles. The molecule has 1 aromatic carbocycles. The van der Waals surface area contributed by atoms with E-state index in [1.54, 1.807) is 29.2 Å². The van der Waals surface area contributed by atoms with Gasteiger partial charge in [0.1, 0.15) is 11.5 Å². The number of pyridine rings is 1. The second-order valence-electron chi connectivity index (χ2n) is 6.44. The number of aromatic nitrogens is 1. The molecule has 1 saturated heterocycles. The molecule has 7 heteroatoms. The highest BCUT2D eigenvalue weighted by molar-refractivity contribution is 5.98. The monoisotopic (exact) mass is 370 g/mol. The third-order valence-electron chi connectivity index (χ3n) is 4.54. The molecule has 1 aromatic heterocycles. The molecule has 2 heterocycles. The maximum absolute atomic E-state index is 13.1. The second-order valence-corrected chi connectivity index (χ2v) is 6.44. The van der Waals surface area contributed by atoms with Gasteiger partial charge in [-0.3, -0.25) is 14.6 Å². The molecule has 27 heavy (non-hydrogen) atoms. The minimum absolute atomic E-state index is 0.182. The Bertz CT molecular complexity index is 802. The van der Waals surface area contributed by atoms with Crippen molar-refractivity contribution >= 4 is 17.5 Å². The number of hydrogen-bond donors (Lipinski definition) is 1. The molecule has 1 aliphatic rings. The molecular formula is C20H23FN4O2. The van der Waals surface area contributed by atoms with Gasteiger partial charge in [0, 0.05) is 50.2 Å². The molecule has 0 spiro atoms. The largest absolute Gasteiger partial charge is 0.368 e. The fraction of sp³-hybridized carbons (Fsp3) is 0.350. The fourth-order valence-electron chi connectivity index (χ4n) is 3.01. The lowest BCUT2D eigenvalue weighted by Gasteiger charge is -2.36. The third kappa shape index (κ3) is 4.61. The van der Waals surface area contributed by atoms with Crippen molar-refractivity contribution in [1.29, 1.82) is 0 Å². The molecule has 0 bridgehead atoms. The molecule has 1 fully saturated rings. The van der Waals surface area contributed by atoms with Gasteiger partial charge in [-0.05, 0) is 42.8 Å². The number of benzene rings is 1. The van der Waals surface area contributed by atoms with E-state index in [-0.39, 0.29) is 23.3 Å². The van der Waals surface area contributed by atoms with E-state index in [0.717, 1.165) is 12.1 Å². The van der Waals surface area contributed by atoms with E-state index in [0.29, 0.717) is 38.3 Å². The maximum atomic E-state index is 13.1. The molecule has 1 N–H and O–H groups in total. The Morgan fingerprint density at radius 1 is 1.11 bits per heavy atom. The van der Waals surface area contributed by atoms with Crippen LogP contribution in [0.3, 0.4) is 0 Å². The first-order valence-corrected chi connectivity index (χ1v) is 9.12. The van der Waals surface area contributed by atoms with Crippen LogP contribution < -0.4 is 10.2 Å². The molecule has 0 saturated carbocycles. The van der Waals surface area contributed by atoms with E-state index in [1.165, 1.54) is 18.3 Å². The zero-order valence-electron chi connectivity index (χ0n) is 15.3. The van der Waals surface area contributed by atoms with E-state index >= 15 is 0 Å². The first-order valence-electron chi connectivity index (χ1n) is 9.12. The molecule has 0 radical (unpaired) electrons. The standard InChI is InChI=1S/C20H23FN4O2/c1-2-8-23-19(26)15-7-9-22-18(14-15)20(27)25-12-10-24(11-13-25)17-5-3-16(21)4-6-17/h3-7,9,14H,2,8,10-13H2,1H3,(H,23,26). The number of nitrogens with zero attached hydrogens (tertiary/aromatic N) is 3. The highest BCUT2D eigenvalue weighted by atomic mass is 19.1. The zero-order chi connectivity index (χ0) is 19.2. The number of hydrogen-bond acceptors (Lipinski definition) is 4. The Kier molecular flexibility index (Phi) is 6.01. The fourth-order valence-corrected chi connectivity index (χ4v) is 3.01. The quantitative estimate of drug-likeness (QED) is 0.877. The van der Waals surface area contributed by atoms with Crippen LogP contribution in [0.5, 0.6) is 0 Å². The van der Waals surface area contributed by atoms with Crippen molar-refractivity contribution in [2.24, 2.45) is 0 Å². The van der Waals surface area contributed by atoms with Gasteiger partial charge in [0.05, 0.1) is 0 Å². The number of carbonyl (C=O) groups is 2. The molecule has 142 valence electrons. The maximum Gasteiger partial charge on any atom is 0.272 e. The van der Waals surface area contributed by atoms with E-state index in [1.807, 2.05) is 6.92 Å². The van der Waals surface area contributed by atoms with Gasteiger partial charge in [0.15, 0.2) is 0 Å². The number of nitrogens with one attached hydrogen (secondary N) is 1. The minimum Gasteiger partial charge on any atom is -0.368 e. The molecule has 0 unspecified atom stereocenters. The van der Waals surface area contributed by atoms with Crippen molar-refractivity contribution < 1.29 is 14.0 Å². The predicted molar refractivity (Wildman–Crippen MR) is 101 cm³/mol. The summed E-state index contributed by atoms with van der Waals surface area (Å²) >= 11 is 0. The highest BCUT2D eigenvalue weighted by Crippen LogP contribution is 2.18. The van der Waals surface area contributed by atoms with Gasteiger partial charge in [-0.15, -0.1) is 0 Å². The summed E-state index contributed by atoms with van der Waals surface area (Å²) in [5, 5.41) is 2.80. The van der Waals surface area contributed by atoms with Crippen molar-refractivity contribution in [3.63, 3.8) is 0 Å². The van der Waals surface area contributed by atoms with Crippen LogP contribution in [0.25, 0.3) is 0 Å². The Morgan fingerprint density at radius 3 is 2.48 bits per heavy atom. The van der Waals surface area contributed by atoms with Gasteiger partial charge < -0.3 is 15.1 Å². The van der Waals surface area contributed by atoms with Crippen LogP contribution in [0.15, 0.2) is 42.6 Å². The summed E-state index contributed by atoms with van der Waals surface area (Å²) in [7, 11) is 0. The molecule has 2 aromatic rings. The van der Waals surface area contributed by atoms with Crippen LogP contribution in [0, 0.1) is 5.82 Å². The molecular weight excluding hydrogens is 347 g/mol. The summed E-state index contributed by atoms with van der Waals surface area (Å²) in [6.45, 7) is 4.99. The predicted octanol–water partition coefficient (Wildman–Crippen LogP) is 2.32. The Hall–Kier alpha value is -2.96. The Balaban J connectivity index is 1.62. The summed E-state index contributed by atoms with van der Waals surface area (Å²) in [4.78, 5) is 32.8. The Morgan fingerprint density at radius 2 is 1.81 bits per heavy atom. The number of halogens is 1. The van der Waals surface area contributed by atoms with Crippen molar-refractivity contribution in [3.8, 4) is 0 Å². The average Bonchev–Trinajstić information content (AvgIpc) is 2.72. The van der Waals surface area contributed by atoms with Gasteiger partial charge >= 0.3 is 0 Å². The van der Waals surface area contributed by atoms with Gasteiger partial charge in [-0.25, -0.2) is 4.39 Å². The normalized spacial score (nSPS) is 14.1. The number of piperazine rings is 1. The molecule has 1 aliphatic heterocycles. The third-order valence-corrected chi connectivity index (χ3v) is 4.54. The van der Waals surface area contributed by atoms with Crippen molar-refractivity contribution in [1.82, 2.24) is 15.2 Å². The number of carbonyl (C=O) groups excluding carboxylic acids is 2. The van der Waals surface area contributed by atoms with Crippen molar-refractivity contribution in [2.75, 3.05) is 37.6 Å². The van der Waals surface area contributed by atoms with Crippen LogP contribution in [0.2, 0.25) is 0 Å². The summed E-state index contributed by atoms with van der Waals surface area (Å²) in [6.07, 6.45) is 2.34. The van der Waals surface area contributed by atoms with E-state index < -0.39 is 0 Å². The molecule has 0 atom stereocenters.